The summed E-state index contributed by atoms with van der Waals surface area (Å²) in [4.78, 5) is 18.2. The van der Waals surface area contributed by atoms with Crippen LogP contribution in [-0.2, 0) is 0 Å². The maximum Gasteiger partial charge on any atom is 0.261 e. The van der Waals surface area contributed by atoms with Gasteiger partial charge in [-0.15, -0.1) is 22.7 Å². The van der Waals surface area contributed by atoms with E-state index in [1.54, 1.807) is 34.8 Å². The third-order valence-corrected chi connectivity index (χ3v) is 8.33. The molecular weight excluding hydrogens is 453 g/mol. The summed E-state index contributed by atoms with van der Waals surface area (Å²) in [5, 5.41) is 7.53. The van der Waals surface area contributed by atoms with Crippen LogP contribution in [0.3, 0.4) is 0 Å². The number of nitrogens with one attached hydrogen (secondary N) is 1. The fourth-order valence-electron chi connectivity index (χ4n) is 4.51. The highest BCUT2D eigenvalue weighted by atomic mass is 32.1. The Hall–Kier alpha value is -2.48. The van der Waals surface area contributed by atoms with Gasteiger partial charge in [0.05, 0.1) is 10.6 Å². The average molecular weight is 482 g/mol. The van der Waals surface area contributed by atoms with Gasteiger partial charge in [0.25, 0.3) is 5.91 Å². The first kappa shape index (κ1) is 22.3. The highest BCUT2D eigenvalue weighted by molar-refractivity contribution is 7.20. The Labute approximate surface area is 201 Å². The lowest BCUT2D eigenvalue weighted by Crippen LogP contribution is -2.31. The van der Waals surface area contributed by atoms with Gasteiger partial charge < -0.3 is 15.1 Å². The van der Waals surface area contributed by atoms with Crippen molar-refractivity contribution in [3.63, 3.8) is 0 Å². The molecule has 7 heteroatoms. The van der Waals surface area contributed by atoms with Gasteiger partial charge in [0.1, 0.15) is 5.82 Å². The van der Waals surface area contributed by atoms with Crippen LogP contribution in [0.15, 0.2) is 53.9 Å². The van der Waals surface area contributed by atoms with Crippen LogP contribution in [0.25, 0.3) is 20.2 Å². The lowest BCUT2D eigenvalue weighted by molar-refractivity contribution is 0.0956. The molecule has 1 aliphatic rings. The van der Waals surface area contributed by atoms with Crippen molar-refractivity contribution in [2.24, 2.45) is 0 Å². The topological polar surface area (TPSA) is 35.6 Å². The molecule has 5 rings (SSSR count). The van der Waals surface area contributed by atoms with E-state index in [0.717, 1.165) is 77.0 Å². The first-order valence-electron chi connectivity index (χ1n) is 11.6. The number of halogens is 1. The summed E-state index contributed by atoms with van der Waals surface area (Å²) in [6.07, 6.45) is 3.19. The van der Waals surface area contributed by atoms with Crippen molar-refractivity contribution in [2.45, 2.75) is 19.3 Å². The molecule has 0 unspecified atom stereocenters. The van der Waals surface area contributed by atoms with Crippen LogP contribution in [0.4, 0.5) is 10.1 Å². The first-order valence-corrected chi connectivity index (χ1v) is 13.3. The molecule has 33 heavy (non-hydrogen) atoms. The minimum Gasteiger partial charge on any atom is -0.369 e. The van der Waals surface area contributed by atoms with Crippen molar-refractivity contribution in [1.82, 2.24) is 10.2 Å². The highest BCUT2D eigenvalue weighted by Gasteiger charge is 2.18. The molecule has 1 amide bonds. The van der Waals surface area contributed by atoms with Crippen molar-refractivity contribution in [3.8, 4) is 0 Å². The van der Waals surface area contributed by atoms with Gasteiger partial charge in [0.15, 0.2) is 0 Å². The molecule has 0 aliphatic carbocycles. The number of thiophene rings is 2. The van der Waals surface area contributed by atoms with E-state index in [-0.39, 0.29) is 11.7 Å². The number of amides is 1. The Morgan fingerprint density at radius 2 is 1.91 bits per heavy atom. The quantitative estimate of drug-likeness (QED) is 0.330. The van der Waals surface area contributed by atoms with Crippen molar-refractivity contribution in [3.05, 3.63) is 64.6 Å². The summed E-state index contributed by atoms with van der Waals surface area (Å²) in [6, 6.07) is 15.2. The molecule has 0 radical (unpaired) electrons. The zero-order valence-corrected chi connectivity index (χ0v) is 20.2. The maximum absolute atomic E-state index is 13.5. The molecule has 1 N–H and O–H groups in total. The van der Waals surface area contributed by atoms with Crippen LogP contribution in [0, 0.1) is 5.82 Å². The van der Waals surface area contributed by atoms with Crippen LogP contribution in [0.5, 0.6) is 0 Å². The minimum absolute atomic E-state index is 0.0319. The number of carbonyl (C=O) groups excluding carboxylic acids is 1. The Morgan fingerprint density at radius 3 is 2.82 bits per heavy atom. The minimum atomic E-state index is -0.169. The molecule has 2 aromatic heterocycles. The average Bonchev–Trinajstić information content (AvgIpc) is 3.37. The second-order valence-electron chi connectivity index (χ2n) is 8.56. The lowest BCUT2D eigenvalue weighted by Gasteiger charge is -2.23. The highest BCUT2D eigenvalue weighted by Crippen LogP contribution is 2.34. The Kier molecular flexibility index (Phi) is 6.90. The first-order chi connectivity index (χ1) is 16.2. The van der Waals surface area contributed by atoms with Crippen LogP contribution < -0.4 is 10.2 Å². The molecule has 4 aromatic rings. The summed E-state index contributed by atoms with van der Waals surface area (Å²) >= 11 is 3.17. The number of hydrogen-bond acceptors (Lipinski definition) is 5. The van der Waals surface area contributed by atoms with E-state index in [9.17, 15) is 9.18 Å². The zero-order chi connectivity index (χ0) is 22.6. The summed E-state index contributed by atoms with van der Waals surface area (Å²) in [5.74, 6) is -0.137. The van der Waals surface area contributed by atoms with Gasteiger partial charge in [-0.1, -0.05) is 18.2 Å². The van der Waals surface area contributed by atoms with Crippen LogP contribution >= 0.6 is 22.7 Å². The Morgan fingerprint density at radius 1 is 1.00 bits per heavy atom. The monoisotopic (exact) mass is 481 g/mol. The second kappa shape index (κ2) is 10.2. The molecule has 0 bridgehead atoms. The predicted octanol–water partition coefficient (Wildman–Crippen LogP) is 5.98. The van der Waals surface area contributed by atoms with E-state index >= 15 is 0 Å². The van der Waals surface area contributed by atoms with E-state index in [1.807, 2.05) is 30.3 Å². The second-order valence-corrected chi connectivity index (χ2v) is 10.6. The van der Waals surface area contributed by atoms with Crippen LogP contribution in [0.2, 0.25) is 0 Å². The molecule has 4 nitrogen and oxygen atoms in total. The molecule has 1 fully saturated rings. The van der Waals surface area contributed by atoms with Gasteiger partial charge in [0, 0.05) is 46.3 Å². The van der Waals surface area contributed by atoms with Crippen LogP contribution in [0.1, 0.15) is 28.9 Å². The van der Waals surface area contributed by atoms with E-state index in [1.165, 1.54) is 5.69 Å². The molecule has 1 saturated heterocycles. The molecule has 172 valence electrons. The van der Waals surface area contributed by atoms with Gasteiger partial charge in [-0.25, -0.2) is 4.39 Å². The smallest absolute Gasteiger partial charge is 0.261 e. The number of nitrogens with zero attached hydrogens (tertiary/aromatic N) is 2. The maximum atomic E-state index is 13.5. The third kappa shape index (κ3) is 5.21. The van der Waals surface area contributed by atoms with E-state index in [0.29, 0.717) is 6.54 Å². The Bertz CT molecular complexity index is 1220. The van der Waals surface area contributed by atoms with Gasteiger partial charge in [-0.3, -0.25) is 4.79 Å². The summed E-state index contributed by atoms with van der Waals surface area (Å²) in [5.41, 5.74) is 1.24. The van der Waals surface area contributed by atoms with Gasteiger partial charge in [-0.2, -0.15) is 0 Å². The summed E-state index contributed by atoms with van der Waals surface area (Å²) < 4.78 is 15.7. The number of benzene rings is 2. The summed E-state index contributed by atoms with van der Waals surface area (Å²) in [7, 11) is 0. The van der Waals surface area contributed by atoms with E-state index < -0.39 is 0 Å². The van der Waals surface area contributed by atoms with Crippen molar-refractivity contribution in [1.29, 1.82) is 0 Å². The van der Waals surface area contributed by atoms with Gasteiger partial charge in [-0.05, 0) is 68.1 Å². The molecule has 1 aliphatic heterocycles. The van der Waals surface area contributed by atoms with Gasteiger partial charge in [0.2, 0.25) is 0 Å². The predicted molar refractivity (Wildman–Crippen MR) is 138 cm³/mol. The van der Waals surface area contributed by atoms with E-state index in [4.69, 9.17) is 0 Å². The fourth-order valence-corrected chi connectivity index (χ4v) is 6.49. The number of hydrogen-bond donors (Lipinski definition) is 1. The molecule has 3 heterocycles. The SMILES string of the molecule is O=C(NCCCCN1CCCN(c2csc3cc(F)ccc23)CC1)c1cc2ccccc2s1. The zero-order valence-electron chi connectivity index (χ0n) is 18.6. The number of unbranched alkanes of at least 4 members (excludes halogenated alkanes) is 1. The van der Waals surface area contributed by atoms with Gasteiger partial charge >= 0.3 is 0 Å². The van der Waals surface area contributed by atoms with Crippen molar-refractivity contribution < 1.29 is 9.18 Å². The standard InChI is InChI=1S/C26H28FN3OS2/c27-20-8-9-21-22(18-32-24(21)17-20)30-13-5-12-29(14-15-30)11-4-3-10-28-26(31)25-16-19-6-1-2-7-23(19)33-25/h1-2,6-9,16-18H,3-5,10-15H2,(H,28,31). The molecule has 2 aromatic carbocycles. The largest absolute Gasteiger partial charge is 0.369 e. The molecular formula is C26H28FN3OS2. The Balaban J connectivity index is 1.06. The van der Waals surface area contributed by atoms with Crippen molar-refractivity contribution in [2.75, 3.05) is 44.2 Å². The normalized spacial score (nSPS) is 15.2. The molecule has 0 spiro atoms. The van der Waals surface area contributed by atoms with Crippen LogP contribution in [-0.4, -0.2) is 50.1 Å². The molecule has 0 saturated carbocycles. The number of fused-ring (bicyclic) bond motifs is 2. The van der Waals surface area contributed by atoms with E-state index in [2.05, 4.69) is 26.6 Å². The summed E-state index contributed by atoms with van der Waals surface area (Å²) in [6.45, 7) is 5.93. The number of rotatable bonds is 7. The fraction of sp³-hybridized carbons (Fsp3) is 0.346. The third-order valence-electron chi connectivity index (χ3n) is 6.28. The lowest BCUT2D eigenvalue weighted by atomic mass is 10.2. The number of anilines is 1. The van der Waals surface area contributed by atoms with Crippen molar-refractivity contribution >= 4 is 54.4 Å². The molecule has 0 atom stereocenters. The number of carbonyl (C=O) groups is 1.